The van der Waals surface area contributed by atoms with Crippen LogP contribution in [-0.4, -0.2) is 23.0 Å². The van der Waals surface area contributed by atoms with Gasteiger partial charge in [0.1, 0.15) is 10.8 Å². The van der Waals surface area contributed by atoms with Gasteiger partial charge in [-0.25, -0.2) is 4.79 Å². The van der Waals surface area contributed by atoms with E-state index >= 15 is 0 Å². The summed E-state index contributed by atoms with van der Waals surface area (Å²) in [5.74, 6) is -1.59. The zero-order valence-corrected chi connectivity index (χ0v) is 16.5. The standard InChI is InChI=1S/C20H15Cl2F3O4/c1-2-15(19(27)28)29-16-10-6-12(17(21)18(16)22)5-9-14(26)11-3-7-13(8-4-11)20(23,24)25/h3-10,15H,2H2,1H3,(H,27,28)/b9-5+. The molecule has 0 aromatic heterocycles. The average molecular weight is 447 g/mol. The zero-order chi connectivity index (χ0) is 21.8. The van der Waals surface area contributed by atoms with E-state index in [0.717, 1.165) is 30.3 Å². The second-order valence-electron chi connectivity index (χ2n) is 5.91. The quantitative estimate of drug-likeness (QED) is 0.409. The first-order chi connectivity index (χ1) is 13.5. The highest BCUT2D eigenvalue weighted by atomic mass is 35.5. The van der Waals surface area contributed by atoms with Crippen molar-refractivity contribution in [1.29, 1.82) is 0 Å². The Morgan fingerprint density at radius 2 is 1.72 bits per heavy atom. The van der Waals surface area contributed by atoms with Gasteiger partial charge in [-0.05, 0) is 48.4 Å². The molecule has 29 heavy (non-hydrogen) atoms. The van der Waals surface area contributed by atoms with E-state index in [0.29, 0.717) is 5.56 Å². The highest BCUT2D eigenvalue weighted by Gasteiger charge is 2.30. The van der Waals surface area contributed by atoms with Gasteiger partial charge in [0.05, 0.1) is 10.6 Å². The average Bonchev–Trinajstić information content (AvgIpc) is 2.67. The summed E-state index contributed by atoms with van der Waals surface area (Å²) in [6, 6.07) is 6.71. The maximum absolute atomic E-state index is 12.6. The molecule has 154 valence electrons. The Hall–Kier alpha value is -2.51. The Morgan fingerprint density at radius 1 is 1.10 bits per heavy atom. The van der Waals surface area contributed by atoms with Crippen LogP contribution in [0.4, 0.5) is 13.2 Å². The fourth-order valence-corrected chi connectivity index (χ4v) is 2.75. The van der Waals surface area contributed by atoms with Crippen LogP contribution in [0.1, 0.15) is 34.8 Å². The van der Waals surface area contributed by atoms with E-state index < -0.39 is 29.6 Å². The first-order valence-corrected chi connectivity index (χ1v) is 9.07. The van der Waals surface area contributed by atoms with Crippen molar-refractivity contribution in [3.63, 3.8) is 0 Å². The molecule has 0 bridgehead atoms. The van der Waals surface area contributed by atoms with Crippen molar-refractivity contribution in [3.8, 4) is 5.75 Å². The summed E-state index contributed by atoms with van der Waals surface area (Å²) in [6.07, 6.45) is -2.86. The van der Waals surface area contributed by atoms with Crippen LogP contribution in [-0.2, 0) is 11.0 Å². The summed E-state index contributed by atoms with van der Waals surface area (Å²) in [4.78, 5) is 23.2. The van der Waals surface area contributed by atoms with Crippen LogP contribution >= 0.6 is 23.2 Å². The van der Waals surface area contributed by atoms with E-state index in [4.69, 9.17) is 33.0 Å². The summed E-state index contributed by atoms with van der Waals surface area (Å²) < 4.78 is 43.1. The molecule has 0 aliphatic heterocycles. The van der Waals surface area contributed by atoms with Crippen molar-refractivity contribution in [2.24, 2.45) is 0 Å². The SMILES string of the molecule is CCC(Oc1ccc(/C=C/C(=O)c2ccc(C(F)(F)F)cc2)c(Cl)c1Cl)C(=O)O. The van der Waals surface area contributed by atoms with Crippen molar-refractivity contribution >= 4 is 41.0 Å². The predicted octanol–water partition coefficient (Wildman–Crippen LogP) is 6.15. The lowest BCUT2D eigenvalue weighted by atomic mass is 10.1. The van der Waals surface area contributed by atoms with Crippen molar-refractivity contribution in [2.45, 2.75) is 25.6 Å². The monoisotopic (exact) mass is 446 g/mol. The third-order valence-corrected chi connectivity index (χ3v) is 4.78. The van der Waals surface area contributed by atoms with E-state index in [1.165, 1.54) is 18.2 Å². The molecular formula is C20H15Cl2F3O4. The maximum Gasteiger partial charge on any atom is 0.416 e. The smallest absolute Gasteiger partial charge is 0.416 e. The number of alkyl halides is 3. The van der Waals surface area contributed by atoms with Gasteiger partial charge in [0, 0.05) is 5.56 Å². The molecule has 1 unspecified atom stereocenters. The number of allylic oxidation sites excluding steroid dienone is 1. The molecule has 9 heteroatoms. The molecule has 0 fully saturated rings. The van der Waals surface area contributed by atoms with E-state index in [1.807, 2.05) is 0 Å². The first kappa shape index (κ1) is 22.8. The lowest BCUT2D eigenvalue weighted by Crippen LogP contribution is -2.26. The third-order valence-electron chi connectivity index (χ3n) is 3.90. The Kier molecular flexibility index (Phi) is 7.32. The lowest BCUT2D eigenvalue weighted by Gasteiger charge is -2.15. The topological polar surface area (TPSA) is 63.6 Å². The summed E-state index contributed by atoms with van der Waals surface area (Å²) in [5.41, 5.74) is -0.425. The lowest BCUT2D eigenvalue weighted by molar-refractivity contribution is -0.145. The molecule has 0 saturated carbocycles. The molecule has 0 aliphatic carbocycles. The van der Waals surface area contributed by atoms with Gasteiger partial charge in [0.25, 0.3) is 0 Å². The first-order valence-electron chi connectivity index (χ1n) is 8.31. The van der Waals surface area contributed by atoms with Gasteiger partial charge in [-0.3, -0.25) is 4.79 Å². The van der Waals surface area contributed by atoms with E-state index in [-0.39, 0.29) is 27.8 Å². The van der Waals surface area contributed by atoms with Crippen LogP contribution in [0.25, 0.3) is 6.08 Å². The summed E-state index contributed by atoms with van der Waals surface area (Å²) in [6.45, 7) is 1.64. The van der Waals surface area contributed by atoms with Crippen molar-refractivity contribution < 1.29 is 32.6 Å². The minimum absolute atomic E-state index is 0.0181. The van der Waals surface area contributed by atoms with Crippen LogP contribution in [0.5, 0.6) is 5.75 Å². The van der Waals surface area contributed by atoms with Crippen molar-refractivity contribution in [2.75, 3.05) is 0 Å². The number of rotatable bonds is 7. The molecule has 1 N–H and O–H groups in total. The molecule has 2 aromatic rings. The second-order valence-corrected chi connectivity index (χ2v) is 6.66. The number of halogens is 5. The molecule has 0 spiro atoms. The minimum atomic E-state index is -4.48. The zero-order valence-electron chi connectivity index (χ0n) is 15.0. The van der Waals surface area contributed by atoms with Crippen LogP contribution in [0.2, 0.25) is 10.0 Å². The number of hydrogen-bond donors (Lipinski definition) is 1. The highest BCUT2D eigenvalue weighted by Crippen LogP contribution is 2.36. The molecule has 2 rings (SSSR count). The second kappa shape index (κ2) is 9.33. The number of hydrogen-bond acceptors (Lipinski definition) is 3. The van der Waals surface area contributed by atoms with Gasteiger partial charge in [0.2, 0.25) is 0 Å². The van der Waals surface area contributed by atoms with Gasteiger partial charge in [-0.2, -0.15) is 13.2 Å². The molecule has 0 aliphatic rings. The van der Waals surface area contributed by atoms with Crippen LogP contribution < -0.4 is 4.74 Å². The maximum atomic E-state index is 12.6. The van der Waals surface area contributed by atoms with Crippen LogP contribution in [0.15, 0.2) is 42.5 Å². The summed E-state index contributed by atoms with van der Waals surface area (Å²) >= 11 is 12.3. The molecule has 0 saturated heterocycles. The molecule has 1 atom stereocenters. The highest BCUT2D eigenvalue weighted by molar-refractivity contribution is 6.43. The summed E-state index contributed by atoms with van der Waals surface area (Å²) in [5, 5.41) is 9.08. The van der Waals surface area contributed by atoms with Gasteiger partial charge in [-0.15, -0.1) is 0 Å². The fourth-order valence-electron chi connectivity index (χ4n) is 2.31. The minimum Gasteiger partial charge on any atom is -0.479 e. The number of benzene rings is 2. The number of ether oxygens (including phenoxy) is 1. The normalized spacial score (nSPS) is 12.8. The number of carbonyl (C=O) groups excluding carboxylic acids is 1. The molecule has 0 amide bonds. The van der Waals surface area contributed by atoms with Gasteiger partial charge in [0.15, 0.2) is 11.9 Å². The molecular weight excluding hydrogens is 432 g/mol. The van der Waals surface area contributed by atoms with Gasteiger partial charge >= 0.3 is 12.1 Å². The largest absolute Gasteiger partial charge is 0.479 e. The van der Waals surface area contributed by atoms with Gasteiger partial charge < -0.3 is 9.84 Å². The Balaban J connectivity index is 2.19. The molecule has 2 aromatic carbocycles. The predicted molar refractivity (Wildman–Crippen MR) is 104 cm³/mol. The summed E-state index contributed by atoms with van der Waals surface area (Å²) in [7, 11) is 0. The number of ketones is 1. The molecule has 0 heterocycles. The van der Waals surface area contributed by atoms with E-state index in [2.05, 4.69) is 0 Å². The van der Waals surface area contributed by atoms with Crippen LogP contribution in [0, 0.1) is 0 Å². The molecule has 0 radical (unpaired) electrons. The van der Waals surface area contributed by atoms with E-state index in [9.17, 15) is 22.8 Å². The van der Waals surface area contributed by atoms with Gasteiger partial charge in [-0.1, -0.05) is 42.3 Å². The van der Waals surface area contributed by atoms with Crippen molar-refractivity contribution in [1.82, 2.24) is 0 Å². The Labute approximate surface area is 174 Å². The van der Waals surface area contributed by atoms with E-state index in [1.54, 1.807) is 6.92 Å². The Bertz CT molecular complexity index is 938. The van der Waals surface area contributed by atoms with Crippen molar-refractivity contribution in [3.05, 3.63) is 69.2 Å². The Morgan fingerprint density at radius 3 is 2.24 bits per heavy atom. The number of carbonyl (C=O) groups is 2. The number of aliphatic carboxylic acids is 1. The van der Waals surface area contributed by atoms with Crippen LogP contribution in [0.3, 0.4) is 0 Å². The molecule has 4 nitrogen and oxygen atoms in total. The number of carboxylic acid groups (broad SMARTS) is 1. The fraction of sp³-hybridized carbons (Fsp3) is 0.200. The number of carboxylic acids is 1. The third kappa shape index (κ3) is 5.74.